The van der Waals surface area contributed by atoms with Crippen LogP contribution in [0.4, 0.5) is 11.4 Å². The van der Waals surface area contributed by atoms with Crippen LogP contribution >= 0.6 is 0 Å². The summed E-state index contributed by atoms with van der Waals surface area (Å²) in [5.74, 6) is 0.641. The first-order valence-corrected chi connectivity index (χ1v) is 16.1. The van der Waals surface area contributed by atoms with Gasteiger partial charge in [-0.15, -0.1) is 0 Å². The van der Waals surface area contributed by atoms with E-state index in [1.165, 1.54) is 22.6 Å². The van der Waals surface area contributed by atoms with Crippen LogP contribution in [0.25, 0.3) is 5.69 Å². The Balaban J connectivity index is 0.930. The van der Waals surface area contributed by atoms with Gasteiger partial charge in [0.25, 0.3) is 0 Å². The van der Waals surface area contributed by atoms with Crippen molar-refractivity contribution in [3.05, 3.63) is 121 Å². The van der Waals surface area contributed by atoms with Crippen LogP contribution in [0.3, 0.4) is 0 Å². The molecule has 3 aromatic carbocycles. The molecule has 0 amide bonds. The van der Waals surface area contributed by atoms with Gasteiger partial charge in [0.15, 0.2) is 0 Å². The first kappa shape index (κ1) is 30.0. The van der Waals surface area contributed by atoms with Crippen LogP contribution in [-0.2, 0) is 21.8 Å². The number of anilines is 2. The molecule has 9 nitrogen and oxygen atoms in total. The van der Waals surface area contributed by atoms with E-state index in [1.807, 2.05) is 54.1 Å². The van der Waals surface area contributed by atoms with Gasteiger partial charge in [0, 0.05) is 73.6 Å². The smallest absolute Gasteiger partial charge is 0.214 e. The lowest BCUT2D eigenvalue weighted by Gasteiger charge is -2.37. The van der Waals surface area contributed by atoms with Crippen molar-refractivity contribution >= 4 is 11.4 Å². The fourth-order valence-corrected chi connectivity index (χ4v) is 6.25. The molecule has 0 N–H and O–H groups in total. The summed E-state index contributed by atoms with van der Waals surface area (Å²) in [6.07, 6.45) is 9.48. The van der Waals surface area contributed by atoms with Gasteiger partial charge in [-0.1, -0.05) is 12.1 Å². The summed E-state index contributed by atoms with van der Waals surface area (Å²) in [4.78, 5) is 9.10. The molecule has 2 aliphatic heterocycles. The minimum atomic E-state index is -0.961. The molecule has 0 unspecified atom stereocenters. The second-order valence-electron chi connectivity index (χ2n) is 11.9. The predicted molar refractivity (Wildman–Crippen MR) is 179 cm³/mol. The lowest BCUT2D eigenvalue weighted by atomic mass is 10.1. The van der Waals surface area contributed by atoms with Crippen molar-refractivity contribution in [3.8, 4) is 17.2 Å². The normalized spacial score (nSPS) is 19.8. The lowest BCUT2D eigenvalue weighted by Crippen LogP contribution is -2.46. The van der Waals surface area contributed by atoms with Crippen molar-refractivity contribution in [1.82, 2.24) is 14.1 Å². The lowest BCUT2D eigenvalue weighted by molar-refractivity contribution is -0.189. The Morgan fingerprint density at radius 3 is 2.20 bits per heavy atom. The molecule has 9 heteroatoms. The van der Waals surface area contributed by atoms with Crippen molar-refractivity contribution in [1.29, 1.82) is 0 Å². The van der Waals surface area contributed by atoms with Crippen LogP contribution < -0.4 is 19.3 Å². The molecule has 5 aromatic rings. The van der Waals surface area contributed by atoms with Crippen molar-refractivity contribution in [2.24, 2.45) is 0 Å². The van der Waals surface area contributed by atoms with Crippen LogP contribution in [-0.4, -0.2) is 66.2 Å². The summed E-state index contributed by atoms with van der Waals surface area (Å²) in [6, 6.07) is 27.3. The molecule has 0 radical (unpaired) electrons. The zero-order valence-corrected chi connectivity index (χ0v) is 26.5. The third-order valence-electron chi connectivity index (χ3n) is 8.67. The van der Waals surface area contributed by atoms with Crippen LogP contribution in [0.1, 0.15) is 18.1 Å². The Morgan fingerprint density at radius 2 is 1.54 bits per heavy atom. The van der Waals surface area contributed by atoms with E-state index in [1.54, 1.807) is 12.5 Å². The third-order valence-corrected chi connectivity index (χ3v) is 8.67. The molecule has 0 bridgehead atoms. The molecule has 0 spiro atoms. The molecule has 0 aliphatic carbocycles. The van der Waals surface area contributed by atoms with Crippen LogP contribution in [0.5, 0.6) is 11.5 Å². The van der Waals surface area contributed by atoms with Gasteiger partial charge in [-0.3, -0.25) is 0 Å². The number of imidazole rings is 1. The monoisotopic (exact) mass is 619 g/mol. The summed E-state index contributed by atoms with van der Waals surface area (Å²) >= 11 is 0. The van der Waals surface area contributed by atoms with Crippen molar-refractivity contribution < 1.29 is 18.9 Å². The second kappa shape index (κ2) is 13.3. The zero-order valence-electron chi connectivity index (χ0n) is 26.5. The Labute approximate surface area is 270 Å². The number of hydrogen-bond donors (Lipinski definition) is 0. The highest BCUT2D eigenvalue weighted by Gasteiger charge is 2.44. The molecule has 238 valence electrons. The van der Waals surface area contributed by atoms with E-state index < -0.39 is 5.79 Å². The molecule has 4 heterocycles. The first-order chi connectivity index (χ1) is 22.6. The Kier molecular flexibility index (Phi) is 8.68. The maximum absolute atomic E-state index is 6.59. The van der Waals surface area contributed by atoms with Gasteiger partial charge in [-0.2, -0.15) is 0 Å². The molecule has 2 atom stereocenters. The van der Waals surface area contributed by atoms with Crippen LogP contribution in [0.15, 0.2) is 110 Å². The maximum atomic E-state index is 6.59. The molecular formula is C37H41N5O4. The number of aromatic nitrogens is 3. The highest BCUT2D eigenvalue weighted by atomic mass is 16.8. The van der Waals surface area contributed by atoms with Crippen molar-refractivity contribution in [3.63, 3.8) is 0 Å². The quantitative estimate of drug-likeness (QED) is 0.178. The number of ether oxygens (including phenoxy) is 4. The minimum absolute atomic E-state index is 0.228. The van der Waals surface area contributed by atoms with Gasteiger partial charge in [0.05, 0.1) is 26.1 Å². The minimum Gasteiger partial charge on any atom is -0.494 e. The summed E-state index contributed by atoms with van der Waals surface area (Å²) < 4.78 is 29.1. The van der Waals surface area contributed by atoms with Gasteiger partial charge in [-0.25, -0.2) is 4.98 Å². The topological polar surface area (TPSA) is 66.2 Å². The number of piperazine rings is 1. The van der Waals surface area contributed by atoms with Crippen molar-refractivity contribution in [2.45, 2.75) is 32.3 Å². The SMILES string of the molecule is CCOc1cccc([C@]2(Cn3ccnc3)OC[C@@H](COc3ccc(N4CCN(c5ccc(-n6ccc(C)c6)cc5)CC4)cc3)O2)c1. The van der Waals surface area contributed by atoms with E-state index in [9.17, 15) is 0 Å². The first-order valence-electron chi connectivity index (χ1n) is 16.1. The molecular weight excluding hydrogens is 578 g/mol. The van der Waals surface area contributed by atoms with Crippen LogP contribution in [0, 0.1) is 6.92 Å². The molecule has 0 saturated carbocycles. The standard InChI is InChI=1S/C37H41N5O4/c1-3-43-35-6-4-5-30(23-35)37(27-39-18-16-38-28-39)45-26-36(46-37)25-44-34-13-11-32(12-14-34)41-21-19-40(20-22-41)31-7-9-33(10-8-31)42-17-15-29(2)24-42/h4-18,23-24,28,36H,3,19-22,25-27H2,1-2H3/t36-,37-/m1/s1. The number of nitrogens with zero attached hydrogens (tertiary/aromatic N) is 5. The number of benzene rings is 3. The fourth-order valence-electron chi connectivity index (χ4n) is 6.25. The largest absolute Gasteiger partial charge is 0.494 e. The van der Waals surface area contributed by atoms with Crippen LogP contribution in [0.2, 0.25) is 0 Å². The van der Waals surface area contributed by atoms with Gasteiger partial charge < -0.3 is 37.9 Å². The van der Waals surface area contributed by atoms with E-state index in [-0.39, 0.29) is 6.10 Å². The Morgan fingerprint density at radius 1 is 0.826 bits per heavy atom. The van der Waals surface area contributed by atoms with E-state index in [0.717, 1.165) is 43.2 Å². The number of rotatable bonds is 11. The molecule has 2 aliphatic rings. The highest BCUT2D eigenvalue weighted by Crippen LogP contribution is 2.38. The Hall–Kier alpha value is -4.73. The van der Waals surface area contributed by atoms with Crippen molar-refractivity contribution in [2.75, 3.05) is 55.8 Å². The number of hydrogen-bond acceptors (Lipinski definition) is 7. The summed E-state index contributed by atoms with van der Waals surface area (Å²) in [5.41, 5.74) is 5.83. The van der Waals surface area contributed by atoms with Gasteiger partial charge in [-0.05, 0) is 86.1 Å². The maximum Gasteiger partial charge on any atom is 0.214 e. The highest BCUT2D eigenvalue weighted by molar-refractivity contribution is 5.55. The summed E-state index contributed by atoms with van der Waals surface area (Å²) in [7, 11) is 0. The number of aryl methyl sites for hydroxylation is 1. The van der Waals surface area contributed by atoms with Gasteiger partial charge >= 0.3 is 0 Å². The van der Waals surface area contributed by atoms with E-state index in [0.29, 0.717) is 26.4 Å². The molecule has 2 aromatic heterocycles. The van der Waals surface area contributed by atoms with Gasteiger partial charge in [0.2, 0.25) is 5.79 Å². The average Bonchev–Trinajstić information content (AvgIpc) is 3.87. The van der Waals surface area contributed by atoms with E-state index >= 15 is 0 Å². The molecule has 2 saturated heterocycles. The molecule has 7 rings (SSSR count). The molecule has 2 fully saturated rings. The van der Waals surface area contributed by atoms with E-state index in [4.69, 9.17) is 18.9 Å². The third kappa shape index (κ3) is 6.61. The average molecular weight is 620 g/mol. The molecule has 46 heavy (non-hydrogen) atoms. The Bertz CT molecular complexity index is 1690. The summed E-state index contributed by atoms with van der Waals surface area (Å²) in [5, 5.41) is 0. The zero-order chi connectivity index (χ0) is 31.3. The van der Waals surface area contributed by atoms with E-state index in [2.05, 4.69) is 81.1 Å². The fraction of sp³-hybridized carbons (Fsp3) is 0.324. The van der Waals surface area contributed by atoms with Gasteiger partial charge in [0.1, 0.15) is 24.2 Å². The second-order valence-corrected chi connectivity index (χ2v) is 11.9. The summed E-state index contributed by atoms with van der Waals surface area (Å²) in [6.45, 7) is 9.86. The predicted octanol–water partition coefficient (Wildman–Crippen LogP) is 6.05.